The summed E-state index contributed by atoms with van der Waals surface area (Å²) in [7, 11) is 0. The summed E-state index contributed by atoms with van der Waals surface area (Å²) >= 11 is 0. The van der Waals surface area contributed by atoms with Crippen molar-refractivity contribution in [2.75, 3.05) is 13.2 Å². The first-order chi connectivity index (χ1) is 35.5. The standard InChI is InChI=1S/C66H110O6/c1-4-7-10-13-16-19-22-25-27-29-30-31-32-33-34-35-36-37-39-41-44-47-50-53-56-59-65(68)71-62-63(61-70-64(67)58-55-52-49-46-43-40-24-21-18-15-12-9-6-3)72-66(69)60-57-54-51-48-45-42-38-28-26-23-20-17-14-11-8-5-2/h9,12,18,20-23,25,28-30,32-33,38,40,43,49,52,63H,4-8,10-11,13-17,19,24,26-27,31,34-37,39,41-42,44-48,50-51,53-62H2,1-3H3/b12-9-,21-18-,23-20-,25-22-,30-29-,33-32-,38-28-,43-40-,52-49-. The molecular weight excluding hydrogens is 889 g/mol. The number of ether oxygens (including phenoxy) is 3. The summed E-state index contributed by atoms with van der Waals surface area (Å²) in [6.07, 6.45) is 81.0. The van der Waals surface area contributed by atoms with Crippen LogP contribution in [0.25, 0.3) is 0 Å². The van der Waals surface area contributed by atoms with Crippen LogP contribution in [0.4, 0.5) is 0 Å². The van der Waals surface area contributed by atoms with E-state index >= 15 is 0 Å². The van der Waals surface area contributed by atoms with Crippen molar-refractivity contribution < 1.29 is 28.6 Å². The highest BCUT2D eigenvalue weighted by Gasteiger charge is 2.19. The fourth-order valence-electron chi connectivity index (χ4n) is 8.02. The fourth-order valence-corrected chi connectivity index (χ4v) is 8.02. The van der Waals surface area contributed by atoms with Gasteiger partial charge in [0.05, 0.1) is 0 Å². The summed E-state index contributed by atoms with van der Waals surface area (Å²) in [5.41, 5.74) is 0. The van der Waals surface area contributed by atoms with Crippen molar-refractivity contribution in [3.05, 3.63) is 109 Å². The third-order valence-corrected chi connectivity index (χ3v) is 12.5. The zero-order chi connectivity index (χ0) is 52.2. The van der Waals surface area contributed by atoms with Crippen LogP contribution in [0.1, 0.15) is 271 Å². The first-order valence-electron chi connectivity index (χ1n) is 29.9. The zero-order valence-electron chi connectivity index (χ0n) is 46.9. The van der Waals surface area contributed by atoms with Crippen LogP contribution in [0, 0.1) is 0 Å². The molecule has 0 rings (SSSR count). The summed E-state index contributed by atoms with van der Waals surface area (Å²) in [6, 6.07) is 0. The lowest BCUT2D eigenvalue weighted by atomic mass is 10.1. The molecule has 0 saturated carbocycles. The van der Waals surface area contributed by atoms with Gasteiger partial charge in [-0.05, 0) is 116 Å². The van der Waals surface area contributed by atoms with E-state index in [1.807, 2.05) is 6.08 Å². The molecule has 0 radical (unpaired) electrons. The molecule has 0 aromatic carbocycles. The minimum absolute atomic E-state index is 0.109. The summed E-state index contributed by atoms with van der Waals surface area (Å²) < 4.78 is 16.8. The molecule has 0 spiro atoms. The molecule has 6 heteroatoms. The maximum Gasteiger partial charge on any atom is 0.306 e. The zero-order valence-corrected chi connectivity index (χ0v) is 46.9. The van der Waals surface area contributed by atoms with Crippen molar-refractivity contribution >= 4 is 17.9 Å². The predicted octanol–water partition coefficient (Wildman–Crippen LogP) is 20.3. The Balaban J connectivity index is 4.39. The van der Waals surface area contributed by atoms with Crippen molar-refractivity contribution in [2.24, 2.45) is 0 Å². The quantitative estimate of drug-likeness (QED) is 0.0261. The van der Waals surface area contributed by atoms with Crippen LogP contribution in [0.3, 0.4) is 0 Å². The number of rotatable bonds is 53. The Labute approximate surface area is 444 Å². The average molecular weight is 1000 g/mol. The molecule has 0 fully saturated rings. The Morgan fingerprint density at radius 2 is 0.569 bits per heavy atom. The van der Waals surface area contributed by atoms with Gasteiger partial charge in [-0.15, -0.1) is 0 Å². The van der Waals surface area contributed by atoms with Crippen molar-refractivity contribution in [1.29, 1.82) is 0 Å². The Kier molecular flexibility index (Phi) is 56.4. The van der Waals surface area contributed by atoms with E-state index in [1.165, 1.54) is 122 Å². The Morgan fingerprint density at radius 3 is 0.944 bits per heavy atom. The van der Waals surface area contributed by atoms with Crippen molar-refractivity contribution in [3.63, 3.8) is 0 Å². The molecule has 0 N–H and O–H groups in total. The van der Waals surface area contributed by atoms with Crippen LogP contribution in [0.5, 0.6) is 0 Å². The summed E-state index contributed by atoms with van der Waals surface area (Å²) in [5.74, 6) is -1.01. The maximum atomic E-state index is 12.8. The third-order valence-electron chi connectivity index (χ3n) is 12.5. The molecule has 0 aliphatic heterocycles. The van der Waals surface area contributed by atoms with Crippen LogP contribution < -0.4 is 0 Å². The predicted molar refractivity (Wildman–Crippen MR) is 311 cm³/mol. The molecule has 0 aromatic heterocycles. The van der Waals surface area contributed by atoms with Crippen molar-refractivity contribution in [3.8, 4) is 0 Å². The van der Waals surface area contributed by atoms with Crippen LogP contribution >= 0.6 is 0 Å². The molecule has 1 atom stereocenters. The molecular formula is C66H110O6. The maximum absolute atomic E-state index is 12.8. The number of allylic oxidation sites excluding steroid dienone is 18. The molecule has 0 amide bonds. The minimum atomic E-state index is -0.818. The molecule has 0 bridgehead atoms. The molecule has 410 valence electrons. The third kappa shape index (κ3) is 57.0. The highest BCUT2D eigenvalue weighted by Crippen LogP contribution is 2.14. The minimum Gasteiger partial charge on any atom is -0.462 e. The van der Waals surface area contributed by atoms with Gasteiger partial charge in [-0.1, -0.05) is 246 Å². The number of hydrogen-bond acceptors (Lipinski definition) is 6. The number of hydrogen-bond donors (Lipinski definition) is 0. The van der Waals surface area contributed by atoms with Gasteiger partial charge in [0.25, 0.3) is 0 Å². The second-order valence-corrected chi connectivity index (χ2v) is 19.5. The Hall–Kier alpha value is -3.93. The number of unbranched alkanes of at least 4 members (excludes halogenated alkanes) is 24. The van der Waals surface area contributed by atoms with E-state index in [-0.39, 0.29) is 37.5 Å². The van der Waals surface area contributed by atoms with Gasteiger partial charge in [-0.2, -0.15) is 0 Å². The van der Waals surface area contributed by atoms with E-state index in [9.17, 15) is 14.4 Å². The SMILES string of the molecule is CC/C=C\C/C=C\C/C=C\C/C=C\CCC(=O)OCC(COC(=O)CCCCCCCCCCCC/C=C\C/C=C\C/C=C\CCCCCCC)OC(=O)CCCCCCC/C=C\C/C=C\CCCCCC. The van der Waals surface area contributed by atoms with Crippen LogP contribution in [0.2, 0.25) is 0 Å². The number of carbonyl (C=O) groups is 3. The van der Waals surface area contributed by atoms with Gasteiger partial charge in [-0.3, -0.25) is 14.4 Å². The highest BCUT2D eigenvalue weighted by molar-refractivity contribution is 5.71. The number of esters is 3. The van der Waals surface area contributed by atoms with Gasteiger partial charge in [0.1, 0.15) is 13.2 Å². The molecule has 6 nitrogen and oxygen atoms in total. The average Bonchev–Trinajstić information content (AvgIpc) is 3.38. The molecule has 72 heavy (non-hydrogen) atoms. The molecule has 0 saturated heterocycles. The largest absolute Gasteiger partial charge is 0.462 e. The van der Waals surface area contributed by atoms with Crippen molar-refractivity contribution in [1.82, 2.24) is 0 Å². The summed E-state index contributed by atoms with van der Waals surface area (Å²) in [6.45, 7) is 6.42. The summed E-state index contributed by atoms with van der Waals surface area (Å²) in [4.78, 5) is 38.1. The molecule has 1 unspecified atom stereocenters. The van der Waals surface area contributed by atoms with Gasteiger partial charge in [0.15, 0.2) is 6.10 Å². The lowest BCUT2D eigenvalue weighted by molar-refractivity contribution is -0.166. The molecule has 0 heterocycles. The highest BCUT2D eigenvalue weighted by atomic mass is 16.6. The fraction of sp³-hybridized carbons (Fsp3) is 0.682. The monoisotopic (exact) mass is 999 g/mol. The first kappa shape index (κ1) is 68.1. The lowest BCUT2D eigenvalue weighted by Crippen LogP contribution is -2.30. The van der Waals surface area contributed by atoms with Gasteiger partial charge >= 0.3 is 17.9 Å². The van der Waals surface area contributed by atoms with Crippen LogP contribution in [-0.2, 0) is 28.6 Å². The number of carbonyl (C=O) groups excluding carboxylic acids is 3. The first-order valence-corrected chi connectivity index (χ1v) is 29.9. The van der Waals surface area contributed by atoms with Gasteiger partial charge < -0.3 is 14.2 Å². The van der Waals surface area contributed by atoms with Crippen molar-refractivity contribution in [2.45, 2.75) is 277 Å². The Bertz CT molecular complexity index is 1470. The van der Waals surface area contributed by atoms with E-state index in [0.29, 0.717) is 19.3 Å². The van der Waals surface area contributed by atoms with E-state index < -0.39 is 6.10 Å². The van der Waals surface area contributed by atoms with E-state index in [1.54, 1.807) is 0 Å². The topological polar surface area (TPSA) is 78.9 Å². The van der Waals surface area contributed by atoms with Gasteiger partial charge in [-0.25, -0.2) is 0 Å². The van der Waals surface area contributed by atoms with Gasteiger partial charge in [0.2, 0.25) is 0 Å². The molecule has 0 aliphatic rings. The lowest BCUT2D eigenvalue weighted by Gasteiger charge is -2.18. The normalized spacial score (nSPS) is 12.9. The smallest absolute Gasteiger partial charge is 0.306 e. The second-order valence-electron chi connectivity index (χ2n) is 19.5. The van der Waals surface area contributed by atoms with Crippen LogP contribution in [0.15, 0.2) is 109 Å². The summed E-state index contributed by atoms with van der Waals surface area (Å²) in [5, 5.41) is 0. The molecule has 0 aromatic rings. The van der Waals surface area contributed by atoms with Gasteiger partial charge in [0, 0.05) is 19.3 Å². The van der Waals surface area contributed by atoms with E-state index in [0.717, 1.165) is 103 Å². The van der Waals surface area contributed by atoms with E-state index in [4.69, 9.17) is 14.2 Å². The molecule has 0 aliphatic carbocycles. The van der Waals surface area contributed by atoms with E-state index in [2.05, 4.69) is 124 Å². The van der Waals surface area contributed by atoms with Crippen LogP contribution in [-0.4, -0.2) is 37.2 Å². The Morgan fingerprint density at radius 1 is 0.292 bits per heavy atom. The second kappa shape index (κ2) is 59.6.